The van der Waals surface area contributed by atoms with E-state index in [-0.39, 0.29) is 11.7 Å². The Labute approximate surface area is 128 Å². The topological polar surface area (TPSA) is 60.9 Å². The Morgan fingerprint density at radius 3 is 2.00 bits per heavy atom. The van der Waals surface area contributed by atoms with E-state index in [1.54, 1.807) is 6.92 Å². The first-order chi connectivity index (χ1) is 10.0. The summed E-state index contributed by atoms with van der Waals surface area (Å²) in [6, 6.07) is 0. The Balaban J connectivity index is 1.80. The third kappa shape index (κ3) is 4.66. The van der Waals surface area contributed by atoms with Gasteiger partial charge in [0.05, 0.1) is 12.3 Å². The van der Waals surface area contributed by atoms with Crippen LogP contribution in [0.3, 0.4) is 0 Å². The van der Waals surface area contributed by atoms with Gasteiger partial charge in [-0.05, 0) is 32.9 Å². The maximum atomic E-state index is 12.3. The van der Waals surface area contributed by atoms with Crippen LogP contribution in [0.15, 0.2) is 0 Å². The summed E-state index contributed by atoms with van der Waals surface area (Å²) in [7, 11) is -3.12. The maximum Gasteiger partial charge on any atom is 0.236 e. The molecule has 122 valence electrons. The number of likely N-dealkylation sites (tertiary alicyclic amines) is 1. The number of rotatable bonds is 4. The van der Waals surface area contributed by atoms with E-state index >= 15 is 0 Å². The lowest BCUT2D eigenvalue weighted by Gasteiger charge is -2.35. The molecule has 21 heavy (non-hydrogen) atoms. The van der Waals surface area contributed by atoms with Gasteiger partial charge in [-0.25, -0.2) is 8.42 Å². The fourth-order valence-electron chi connectivity index (χ4n) is 2.98. The highest BCUT2D eigenvalue weighted by Crippen LogP contribution is 2.11. The molecular formula is C14H27N3O3S. The minimum absolute atomic E-state index is 0.134. The first-order valence-corrected chi connectivity index (χ1v) is 9.62. The average Bonchev–Trinajstić information content (AvgIpc) is 2.76. The van der Waals surface area contributed by atoms with Crippen molar-refractivity contribution in [1.82, 2.24) is 14.1 Å². The van der Waals surface area contributed by atoms with Crippen LogP contribution in [0.5, 0.6) is 0 Å². The molecule has 0 atom stereocenters. The number of amides is 1. The molecule has 2 saturated heterocycles. The Kier molecular flexibility index (Phi) is 6.01. The molecule has 0 aliphatic carbocycles. The molecule has 0 bridgehead atoms. The van der Waals surface area contributed by atoms with Gasteiger partial charge in [0.2, 0.25) is 15.9 Å². The third-order valence-corrected chi connectivity index (χ3v) is 6.29. The number of carbonyl (C=O) groups excluding carboxylic acids is 1. The molecule has 2 aliphatic heterocycles. The van der Waals surface area contributed by atoms with Gasteiger partial charge in [-0.3, -0.25) is 9.69 Å². The van der Waals surface area contributed by atoms with Gasteiger partial charge < -0.3 is 4.90 Å². The largest absolute Gasteiger partial charge is 0.339 e. The number of piperazine rings is 1. The van der Waals surface area contributed by atoms with Crippen LogP contribution in [0.25, 0.3) is 0 Å². The number of sulfonamides is 1. The van der Waals surface area contributed by atoms with Crippen LogP contribution in [-0.4, -0.2) is 80.0 Å². The first-order valence-electron chi connectivity index (χ1n) is 8.01. The molecule has 0 radical (unpaired) electrons. The number of nitrogens with zero attached hydrogens (tertiary/aromatic N) is 3. The predicted molar refractivity (Wildman–Crippen MR) is 82.5 cm³/mol. The molecule has 0 N–H and O–H groups in total. The van der Waals surface area contributed by atoms with Crippen molar-refractivity contribution in [1.29, 1.82) is 0 Å². The highest BCUT2D eigenvalue weighted by atomic mass is 32.2. The Morgan fingerprint density at radius 1 is 0.905 bits per heavy atom. The van der Waals surface area contributed by atoms with Crippen LogP contribution < -0.4 is 0 Å². The second-order valence-electron chi connectivity index (χ2n) is 5.87. The first kappa shape index (κ1) is 16.7. The molecule has 2 aliphatic rings. The summed E-state index contributed by atoms with van der Waals surface area (Å²) in [5, 5.41) is 0. The molecule has 2 fully saturated rings. The van der Waals surface area contributed by atoms with E-state index in [0.717, 1.165) is 13.1 Å². The van der Waals surface area contributed by atoms with E-state index < -0.39 is 10.0 Å². The van der Waals surface area contributed by atoms with Crippen LogP contribution in [0, 0.1) is 0 Å². The normalized spacial score (nSPS) is 23.0. The van der Waals surface area contributed by atoms with Crippen molar-refractivity contribution in [3.63, 3.8) is 0 Å². The molecule has 6 nitrogen and oxygen atoms in total. The van der Waals surface area contributed by atoms with Gasteiger partial charge in [0.25, 0.3) is 0 Å². The summed E-state index contributed by atoms with van der Waals surface area (Å²) in [6.07, 6.45) is 4.88. The second kappa shape index (κ2) is 7.56. The Bertz CT molecular complexity index is 436. The van der Waals surface area contributed by atoms with Gasteiger partial charge in [-0.15, -0.1) is 0 Å². The van der Waals surface area contributed by atoms with Gasteiger partial charge in [-0.1, -0.05) is 12.8 Å². The molecule has 0 saturated carbocycles. The number of carbonyl (C=O) groups is 1. The summed E-state index contributed by atoms with van der Waals surface area (Å²) in [5.41, 5.74) is 0. The van der Waals surface area contributed by atoms with E-state index in [9.17, 15) is 13.2 Å². The Hall–Kier alpha value is -0.660. The smallest absolute Gasteiger partial charge is 0.236 e. The van der Waals surface area contributed by atoms with Crippen molar-refractivity contribution in [2.24, 2.45) is 0 Å². The Morgan fingerprint density at radius 2 is 1.48 bits per heavy atom. The summed E-state index contributed by atoms with van der Waals surface area (Å²) >= 11 is 0. The minimum atomic E-state index is -3.12. The fourth-order valence-corrected chi connectivity index (χ4v) is 4.07. The van der Waals surface area contributed by atoms with Crippen molar-refractivity contribution in [2.45, 2.75) is 32.6 Å². The number of hydrogen-bond acceptors (Lipinski definition) is 4. The van der Waals surface area contributed by atoms with Crippen LogP contribution >= 0.6 is 0 Å². The van der Waals surface area contributed by atoms with Gasteiger partial charge in [0, 0.05) is 26.2 Å². The van der Waals surface area contributed by atoms with Crippen LogP contribution in [0.4, 0.5) is 0 Å². The quantitative estimate of drug-likeness (QED) is 0.751. The minimum Gasteiger partial charge on any atom is -0.339 e. The number of hydrogen-bond donors (Lipinski definition) is 0. The lowest BCUT2D eigenvalue weighted by molar-refractivity contribution is -0.133. The van der Waals surface area contributed by atoms with Gasteiger partial charge in [-0.2, -0.15) is 4.31 Å². The average molecular weight is 317 g/mol. The maximum absolute atomic E-state index is 12.3. The summed E-state index contributed by atoms with van der Waals surface area (Å²) in [6.45, 7) is 6.07. The van der Waals surface area contributed by atoms with Crippen molar-refractivity contribution < 1.29 is 13.2 Å². The zero-order valence-corrected chi connectivity index (χ0v) is 13.8. The zero-order valence-electron chi connectivity index (χ0n) is 13.0. The monoisotopic (exact) mass is 317 g/mol. The fraction of sp³-hybridized carbons (Fsp3) is 0.929. The molecule has 0 unspecified atom stereocenters. The van der Waals surface area contributed by atoms with Crippen LogP contribution in [0.1, 0.15) is 32.6 Å². The molecule has 0 aromatic heterocycles. The van der Waals surface area contributed by atoms with E-state index in [1.165, 1.54) is 30.0 Å². The lowest BCUT2D eigenvalue weighted by atomic mass is 10.2. The summed E-state index contributed by atoms with van der Waals surface area (Å²) in [5.74, 6) is 0.278. The standard InChI is InChI=1S/C14H27N3O3S/c1-2-21(19,20)17-11-9-16(10-12-17)14(18)13-15-7-5-3-4-6-8-15/h2-13H2,1H3. The lowest BCUT2D eigenvalue weighted by Crippen LogP contribution is -2.52. The summed E-state index contributed by atoms with van der Waals surface area (Å²) < 4.78 is 25.1. The molecule has 1 amide bonds. The van der Waals surface area contributed by atoms with Gasteiger partial charge in [0.15, 0.2) is 0 Å². The highest BCUT2D eigenvalue weighted by molar-refractivity contribution is 7.89. The third-order valence-electron chi connectivity index (χ3n) is 4.41. The summed E-state index contributed by atoms with van der Waals surface area (Å²) in [4.78, 5) is 16.4. The predicted octanol–water partition coefficient (Wildman–Crippen LogP) is 0.356. The molecular weight excluding hydrogens is 290 g/mol. The van der Waals surface area contributed by atoms with E-state index in [4.69, 9.17) is 0 Å². The second-order valence-corrected chi connectivity index (χ2v) is 8.13. The molecule has 0 spiro atoms. The molecule has 2 heterocycles. The molecule has 2 rings (SSSR count). The van der Waals surface area contributed by atoms with Gasteiger partial charge >= 0.3 is 0 Å². The van der Waals surface area contributed by atoms with Crippen molar-refractivity contribution in [3.05, 3.63) is 0 Å². The van der Waals surface area contributed by atoms with Crippen LogP contribution in [0.2, 0.25) is 0 Å². The van der Waals surface area contributed by atoms with Crippen molar-refractivity contribution in [2.75, 3.05) is 51.6 Å². The zero-order chi connectivity index (χ0) is 15.3. The SMILES string of the molecule is CCS(=O)(=O)N1CCN(C(=O)CN2CCCCCC2)CC1. The van der Waals surface area contributed by atoms with Crippen LogP contribution in [-0.2, 0) is 14.8 Å². The highest BCUT2D eigenvalue weighted by Gasteiger charge is 2.28. The molecule has 0 aromatic carbocycles. The molecule has 7 heteroatoms. The van der Waals surface area contributed by atoms with E-state index in [2.05, 4.69) is 4.90 Å². The van der Waals surface area contributed by atoms with Gasteiger partial charge in [0.1, 0.15) is 0 Å². The van der Waals surface area contributed by atoms with E-state index in [0.29, 0.717) is 32.7 Å². The molecule has 0 aromatic rings. The van der Waals surface area contributed by atoms with Crippen molar-refractivity contribution in [3.8, 4) is 0 Å². The van der Waals surface area contributed by atoms with E-state index in [1.807, 2.05) is 4.90 Å². The van der Waals surface area contributed by atoms with Crippen molar-refractivity contribution >= 4 is 15.9 Å².